The van der Waals surface area contributed by atoms with Crippen molar-refractivity contribution in [2.45, 2.75) is 57.2 Å². The summed E-state index contributed by atoms with van der Waals surface area (Å²) in [6.07, 6.45) is 1.89. The number of hydrogen-bond donors (Lipinski definition) is 1. The molecular formula is C34H35ClN6O6. The zero-order chi connectivity index (χ0) is 32.2. The summed E-state index contributed by atoms with van der Waals surface area (Å²) >= 11 is 6.37. The van der Waals surface area contributed by atoms with Crippen LogP contribution in [0.4, 0.5) is 5.82 Å². The number of carboxylic acids is 1. The number of aromatic nitrogens is 4. The monoisotopic (exact) mass is 658 g/mol. The molecule has 47 heavy (non-hydrogen) atoms. The summed E-state index contributed by atoms with van der Waals surface area (Å²) in [4.78, 5) is 44.2. The molecule has 3 aromatic heterocycles. The predicted molar refractivity (Wildman–Crippen MR) is 175 cm³/mol. The molecule has 4 atom stereocenters. The molecule has 0 unspecified atom stereocenters. The van der Waals surface area contributed by atoms with Crippen LogP contribution in [0.5, 0.6) is 6.01 Å². The van der Waals surface area contributed by atoms with E-state index in [1.165, 1.54) is 0 Å². The van der Waals surface area contributed by atoms with Crippen molar-refractivity contribution in [3.05, 3.63) is 53.3 Å². The molecule has 1 amide bonds. The first kappa shape index (κ1) is 29.9. The molecule has 1 N–H and O–H groups in total. The second-order valence-electron chi connectivity index (χ2n) is 12.8. The number of piperidine rings is 1. The lowest BCUT2D eigenvalue weighted by Crippen LogP contribution is -2.43. The fourth-order valence-corrected chi connectivity index (χ4v) is 7.54. The van der Waals surface area contributed by atoms with Crippen LogP contribution in [0, 0.1) is 5.92 Å². The topological polar surface area (TPSA) is 136 Å². The van der Waals surface area contributed by atoms with E-state index in [2.05, 4.69) is 11.5 Å². The third kappa shape index (κ3) is 5.42. The zero-order valence-electron chi connectivity index (χ0n) is 26.0. The summed E-state index contributed by atoms with van der Waals surface area (Å²) in [7, 11) is 0. The van der Waals surface area contributed by atoms with Gasteiger partial charge in [0.25, 0.3) is 6.01 Å². The van der Waals surface area contributed by atoms with Gasteiger partial charge in [-0.2, -0.15) is 4.98 Å². The molecule has 0 saturated carbocycles. The molecule has 0 radical (unpaired) electrons. The fraction of sp³-hybridized carbons (Fsp3) is 0.441. The van der Waals surface area contributed by atoms with Gasteiger partial charge >= 0.3 is 5.97 Å². The smallest absolute Gasteiger partial charge is 0.326 e. The number of amides is 1. The summed E-state index contributed by atoms with van der Waals surface area (Å²) in [5.41, 5.74) is 3.29. The number of hydrogen-bond acceptors (Lipinski definition) is 9. The van der Waals surface area contributed by atoms with Crippen LogP contribution >= 0.6 is 11.6 Å². The summed E-state index contributed by atoms with van der Waals surface area (Å²) in [5.74, 6) is 0.212. The standard InChI is InChI=1S/C34H35ClN6O6/c1-19-17-39-12-10-24(19)41-25-9-8-20(35)15-23(25)36-34(41)46-21-16-26(33(43)44)40(18-21)32-31-30(22-5-2-3-6-27(22)47-31)37-28(38-32)11-14-45-13-4-7-29(39)42/h2-3,5-6,8-9,15,19,21,24,26H,4,7,10-14,16-18H2,1H3,(H,43,44)/t19-,21+,24-,26+/m1/s1. The Hall–Kier alpha value is -4.42. The second-order valence-corrected chi connectivity index (χ2v) is 13.2. The summed E-state index contributed by atoms with van der Waals surface area (Å²) in [5, 5.41) is 11.8. The van der Waals surface area contributed by atoms with Crippen molar-refractivity contribution in [3.63, 3.8) is 0 Å². The molecular weight excluding hydrogens is 624 g/mol. The average molecular weight is 659 g/mol. The third-order valence-electron chi connectivity index (χ3n) is 9.65. The van der Waals surface area contributed by atoms with Crippen molar-refractivity contribution in [1.82, 2.24) is 24.4 Å². The Bertz CT molecular complexity index is 2010. The lowest BCUT2D eigenvalue weighted by atomic mass is 9.93. The summed E-state index contributed by atoms with van der Waals surface area (Å²) in [6, 6.07) is 12.7. The lowest BCUT2D eigenvalue weighted by Gasteiger charge is -2.38. The SMILES string of the molecule is C[C@@H]1CN2CC[C@H]1n1c(nc3cc(Cl)ccc31)O[C@H]1C[C@@H](C(=O)O)N(C1)c1nc(nc3c1oc1ccccc13)CCOCCCC2=O. The number of carbonyl (C=O) groups excluding carboxylic acids is 1. The van der Waals surface area contributed by atoms with Crippen molar-refractivity contribution in [2.24, 2.45) is 5.92 Å². The van der Waals surface area contributed by atoms with Crippen LogP contribution < -0.4 is 9.64 Å². The Balaban J connectivity index is 1.23. The van der Waals surface area contributed by atoms with Crippen LogP contribution in [0.3, 0.4) is 0 Å². The van der Waals surface area contributed by atoms with Crippen LogP contribution in [-0.2, 0) is 20.7 Å². The number of anilines is 1. The first-order chi connectivity index (χ1) is 22.8. The third-order valence-corrected chi connectivity index (χ3v) is 9.89. The number of imidazole rings is 1. The van der Waals surface area contributed by atoms with Gasteiger partial charge in [-0.15, -0.1) is 0 Å². The molecule has 4 aliphatic rings. The van der Waals surface area contributed by atoms with Gasteiger partial charge in [-0.1, -0.05) is 30.7 Å². The Morgan fingerprint density at radius 1 is 1.06 bits per heavy atom. The molecule has 6 bridgehead atoms. The van der Waals surface area contributed by atoms with E-state index in [9.17, 15) is 14.7 Å². The molecule has 12 nitrogen and oxygen atoms in total. The Morgan fingerprint density at radius 3 is 2.79 bits per heavy atom. The highest BCUT2D eigenvalue weighted by atomic mass is 35.5. The predicted octanol–water partition coefficient (Wildman–Crippen LogP) is 5.25. The number of carbonyl (C=O) groups is 2. The van der Waals surface area contributed by atoms with Crippen LogP contribution in [-0.4, -0.2) is 86.4 Å². The molecule has 9 rings (SSSR count). The second kappa shape index (κ2) is 12.0. The highest BCUT2D eigenvalue weighted by Crippen LogP contribution is 2.40. The quantitative estimate of drug-likeness (QED) is 0.254. The van der Waals surface area contributed by atoms with Crippen molar-refractivity contribution < 1.29 is 28.6 Å². The lowest BCUT2D eigenvalue weighted by molar-refractivity contribution is -0.138. The van der Waals surface area contributed by atoms with Crippen LogP contribution in [0.1, 0.15) is 44.5 Å². The first-order valence-electron chi connectivity index (χ1n) is 16.2. The Morgan fingerprint density at radius 2 is 1.94 bits per heavy atom. The van der Waals surface area contributed by atoms with Gasteiger partial charge in [0, 0.05) is 55.4 Å². The van der Waals surface area contributed by atoms with E-state index in [0.717, 1.165) is 17.3 Å². The minimum absolute atomic E-state index is 0.0153. The largest absolute Gasteiger partial charge is 0.480 e. The Labute approximate surface area is 275 Å². The molecule has 244 valence electrons. The normalized spacial score (nSPS) is 24.2. The van der Waals surface area contributed by atoms with E-state index in [1.54, 1.807) is 4.90 Å². The highest BCUT2D eigenvalue weighted by Gasteiger charge is 2.42. The number of aliphatic carboxylic acids is 1. The molecule has 2 aromatic carbocycles. The van der Waals surface area contributed by atoms with E-state index < -0.39 is 18.1 Å². The van der Waals surface area contributed by atoms with Gasteiger partial charge in [-0.05, 0) is 49.1 Å². The van der Waals surface area contributed by atoms with Gasteiger partial charge in [0.15, 0.2) is 11.4 Å². The van der Waals surface area contributed by atoms with Gasteiger partial charge in [0.05, 0.1) is 24.2 Å². The van der Waals surface area contributed by atoms with Crippen LogP contribution in [0.25, 0.3) is 33.1 Å². The molecule has 4 aliphatic heterocycles. The minimum Gasteiger partial charge on any atom is -0.480 e. The number of rotatable bonds is 1. The average Bonchev–Trinajstić information content (AvgIpc) is 3.75. The summed E-state index contributed by atoms with van der Waals surface area (Å²) < 4.78 is 21.0. The first-order valence-corrected chi connectivity index (χ1v) is 16.6. The maximum atomic E-state index is 13.2. The molecule has 0 spiro atoms. The highest BCUT2D eigenvalue weighted by molar-refractivity contribution is 6.31. The van der Waals surface area contributed by atoms with Gasteiger partial charge in [0.1, 0.15) is 29.1 Å². The minimum atomic E-state index is -0.979. The number of furan rings is 1. The van der Waals surface area contributed by atoms with E-state index in [0.29, 0.717) is 90.4 Å². The maximum Gasteiger partial charge on any atom is 0.326 e. The number of para-hydroxylation sites is 1. The zero-order valence-corrected chi connectivity index (χ0v) is 26.7. The van der Waals surface area contributed by atoms with Crippen molar-refractivity contribution >= 4 is 62.4 Å². The Kier molecular flexibility index (Phi) is 7.64. The molecule has 0 aliphatic carbocycles. The number of benzene rings is 2. The number of carboxylic acid groups (broad SMARTS) is 1. The van der Waals surface area contributed by atoms with Gasteiger partial charge in [0.2, 0.25) is 5.91 Å². The number of nitrogens with zero attached hydrogens (tertiary/aromatic N) is 6. The van der Waals surface area contributed by atoms with E-state index in [1.807, 2.05) is 47.4 Å². The molecule has 2 fully saturated rings. The fourth-order valence-electron chi connectivity index (χ4n) is 7.37. The molecule has 5 aromatic rings. The van der Waals surface area contributed by atoms with Gasteiger partial charge in [-0.25, -0.2) is 14.8 Å². The van der Waals surface area contributed by atoms with E-state index in [4.69, 9.17) is 40.4 Å². The molecule has 2 saturated heterocycles. The molecule has 13 heteroatoms. The van der Waals surface area contributed by atoms with Crippen molar-refractivity contribution in [1.29, 1.82) is 0 Å². The van der Waals surface area contributed by atoms with Crippen molar-refractivity contribution in [2.75, 3.05) is 37.7 Å². The van der Waals surface area contributed by atoms with Gasteiger partial charge in [-0.3, -0.25) is 9.36 Å². The molecule has 7 heterocycles. The van der Waals surface area contributed by atoms with E-state index >= 15 is 0 Å². The summed E-state index contributed by atoms with van der Waals surface area (Å²) in [6.45, 7) is 4.46. The number of ether oxygens (including phenoxy) is 2. The van der Waals surface area contributed by atoms with E-state index in [-0.39, 0.29) is 30.8 Å². The number of fused-ring (bicyclic) bond motifs is 12. The van der Waals surface area contributed by atoms with Crippen LogP contribution in [0.2, 0.25) is 5.02 Å². The van der Waals surface area contributed by atoms with Crippen LogP contribution in [0.15, 0.2) is 46.9 Å². The maximum absolute atomic E-state index is 13.2. The van der Waals surface area contributed by atoms with Crippen molar-refractivity contribution in [3.8, 4) is 6.01 Å². The van der Waals surface area contributed by atoms with Gasteiger partial charge < -0.3 is 28.8 Å². The number of halogens is 1.